The fourth-order valence-electron chi connectivity index (χ4n) is 8.04. The number of methoxy groups -OCH3 is 1. The first-order valence-electron chi connectivity index (χ1n) is 11.3. The highest BCUT2D eigenvalue weighted by atomic mass is 35.5. The summed E-state index contributed by atoms with van der Waals surface area (Å²) in [5.74, 6) is 2.21. The summed E-state index contributed by atoms with van der Waals surface area (Å²) >= 11 is 6.43. The Bertz CT molecular complexity index is 803. The number of allylic oxidation sites excluding steroid dienone is 2. The molecule has 30 heavy (non-hydrogen) atoms. The Morgan fingerprint density at radius 1 is 1.23 bits per heavy atom. The van der Waals surface area contributed by atoms with Gasteiger partial charge in [-0.05, 0) is 74.3 Å². The normalized spacial score (nSPS) is 45.4. The van der Waals surface area contributed by atoms with Gasteiger partial charge in [0.05, 0.1) is 0 Å². The predicted molar refractivity (Wildman–Crippen MR) is 117 cm³/mol. The first-order valence-corrected chi connectivity index (χ1v) is 11.8. The molecule has 0 aliphatic heterocycles. The fourth-order valence-corrected chi connectivity index (χ4v) is 8.47. The van der Waals surface area contributed by atoms with E-state index in [1.165, 1.54) is 0 Å². The molecule has 3 fully saturated rings. The molecule has 4 rings (SSSR count). The van der Waals surface area contributed by atoms with Gasteiger partial charge in [-0.1, -0.05) is 26.0 Å². The molecule has 1 unspecified atom stereocenters. The second-order valence-electron chi connectivity index (χ2n) is 10.5. The molecule has 0 radical (unpaired) electrons. The maximum absolute atomic E-state index is 12.9. The monoisotopic (exact) mass is 434 g/mol. The summed E-state index contributed by atoms with van der Waals surface area (Å²) in [4.78, 5) is 25.3. The van der Waals surface area contributed by atoms with E-state index in [1.807, 2.05) is 6.08 Å². The van der Waals surface area contributed by atoms with Crippen molar-refractivity contribution in [2.45, 2.75) is 64.9 Å². The van der Waals surface area contributed by atoms with Crippen molar-refractivity contribution < 1.29 is 19.1 Å². The second-order valence-corrected chi connectivity index (χ2v) is 10.8. The zero-order valence-corrected chi connectivity index (χ0v) is 19.5. The fraction of sp³-hybridized carbons (Fsp3) is 0.760. The topological polar surface area (TPSA) is 52.6 Å². The summed E-state index contributed by atoms with van der Waals surface area (Å²) in [5, 5.41) is 0. The van der Waals surface area contributed by atoms with Crippen molar-refractivity contribution in [3.8, 4) is 0 Å². The molecular weight excluding hydrogens is 400 g/mol. The Morgan fingerprint density at radius 2 is 1.93 bits per heavy atom. The van der Waals surface area contributed by atoms with Crippen molar-refractivity contribution in [3.05, 3.63) is 23.8 Å². The minimum atomic E-state index is -0.772. The molecule has 0 heterocycles. The summed E-state index contributed by atoms with van der Waals surface area (Å²) in [6, 6.07) is 0. The number of halogens is 1. The molecule has 166 valence electrons. The van der Waals surface area contributed by atoms with E-state index < -0.39 is 5.60 Å². The Kier molecular flexibility index (Phi) is 5.61. The Labute approximate surface area is 185 Å². The molecule has 0 aromatic carbocycles. The van der Waals surface area contributed by atoms with Crippen LogP contribution in [0.25, 0.3) is 0 Å². The number of carbonyl (C=O) groups is 2. The third kappa shape index (κ3) is 2.79. The third-order valence-corrected chi connectivity index (χ3v) is 9.92. The zero-order valence-electron chi connectivity index (χ0n) is 18.8. The minimum absolute atomic E-state index is 0.117. The molecular formula is C25H35ClO4. The predicted octanol–water partition coefficient (Wildman–Crippen LogP) is 5.10. The van der Waals surface area contributed by atoms with Crippen molar-refractivity contribution in [1.82, 2.24) is 0 Å². The number of hydrogen-bond donors (Lipinski definition) is 0. The molecule has 0 N–H and O–H groups in total. The Morgan fingerprint density at radius 3 is 2.57 bits per heavy atom. The highest BCUT2D eigenvalue weighted by Crippen LogP contribution is 2.69. The van der Waals surface area contributed by atoms with Gasteiger partial charge in [0.15, 0.2) is 11.6 Å². The number of ketones is 2. The summed E-state index contributed by atoms with van der Waals surface area (Å²) in [6.45, 7) is 10.8. The molecule has 7 atom stereocenters. The summed E-state index contributed by atoms with van der Waals surface area (Å²) in [6.07, 6.45) is 6.97. The SMILES string of the molecule is C=C1C[C@H]2[C@@H]3CC[C@](OCOC)(C(C)=O)[C@@]3(C)CC[C@@H]2[C@]2(C)C1=CC(=O)CC2CCl. The van der Waals surface area contributed by atoms with Crippen molar-refractivity contribution >= 4 is 23.2 Å². The molecule has 3 saturated carbocycles. The minimum Gasteiger partial charge on any atom is -0.359 e. The number of Topliss-reactive ketones (excluding diaryl/α,β-unsaturated/α-hetero) is 1. The quantitative estimate of drug-likeness (QED) is 0.446. The Balaban J connectivity index is 1.75. The molecule has 0 saturated heterocycles. The number of rotatable bonds is 5. The Hall–Kier alpha value is -0.970. The van der Waals surface area contributed by atoms with E-state index in [-0.39, 0.29) is 35.1 Å². The molecule has 0 aromatic heterocycles. The van der Waals surface area contributed by atoms with Crippen molar-refractivity contribution in [3.63, 3.8) is 0 Å². The van der Waals surface area contributed by atoms with Gasteiger partial charge in [-0.15, -0.1) is 11.6 Å². The molecule has 5 heteroatoms. The average molecular weight is 435 g/mol. The molecule has 4 aliphatic carbocycles. The van der Waals surface area contributed by atoms with Crippen LogP contribution in [0, 0.1) is 34.5 Å². The van der Waals surface area contributed by atoms with Gasteiger partial charge < -0.3 is 9.47 Å². The largest absolute Gasteiger partial charge is 0.359 e. The van der Waals surface area contributed by atoms with Crippen LogP contribution < -0.4 is 0 Å². The lowest BCUT2D eigenvalue weighted by Crippen LogP contribution is -2.59. The van der Waals surface area contributed by atoms with Gasteiger partial charge in [-0.25, -0.2) is 0 Å². The van der Waals surface area contributed by atoms with E-state index in [0.717, 1.165) is 43.3 Å². The van der Waals surface area contributed by atoms with Gasteiger partial charge in [0.2, 0.25) is 0 Å². The lowest BCUT2D eigenvalue weighted by atomic mass is 9.44. The van der Waals surface area contributed by atoms with Gasteiger partial charge in [-0.2, -0.15) is 0 Å². The summed E-state index contributed by atoms with van der Waals surface area (Å²) in [7, 11) is 1.61. The molecule has 4 aliphatic rings. The van der Waals surface area contributed by atoms with Gasteiger partial charge in [-0.3, -0.25) is 9.59 Å². The molecule has 0 amide bonds. The van der Waals surface area contributed by atoms with Crippen LogP contribution in [-0.2, 0) is 19.1 Å². The number of ether oxygens (including phenoxy) is 2. The highest BCUT2D eigenvalue weighted by molar-refractivity contribution is 6.18. The first-order chi connectivity index (χ1) is 14.2. The van der Waals surface area contributed by atoms with Crippen LogP contribution in [0.15, 0.2) is 23.8 Å². The van der Waals surface area contributed by atoms with Crippen LogP contribution in [-0.4, -0.2) is 37.0 Å². The van der Waals surface area contributed by atoms with Crippen molar-refractivity contribution in [2.75, 3.05) is 19.8 Å². The number of fused-ring (bicyclic) bond motifs is 5. The van der Waals surface area contributed by atoms with Crippen LogP contribution in [0.2, 0.25) is 0 Å². The van der Waals surface area contributed by atoms with E-state index in [4.69, 9.17) is 21.1 Å². The summed E-state index contributed by atoms with van der Waals surface area (Å²) < 4.78 is 11.4. The summed E-state index contributed by atoms with van der Waals surface area (Å²) in [5.41, 5.74) is 1.12. The lowest BCUT2D eigenvalue weighted by molar-refractivity contribution is -0.200. The zero-order chi connectivity index (χ0) is 21.9. The van der Waals surface area contributed by atoms with Crippen molar-refractivity contribution in [2.24, 2.45) is 34.5 Å². The molecule has 4 nitrogen and oxygen atoms in total. The molecule has 0 aromatic rings. The van der Waals surface area contributed by atoms with Crippen LogP contribution in [0.4, 0.5) is 0 Å². The van der Waals surface area contributed by atoms with Crippen LogP contribution >= 0.6 is 11.6 Å². The van der Waals surface area contributed by atoms with Crippen LogP contribution in [0.3, 0.4) is 0 Å². The second kappa shape index (κ2) is 7.56. The van der Waals surface area contributed by atoms with E-state index in [1.54, 1.807) is 14.0 Å². The van der Waals surface area contributed by atoms with Gasteiger partial charge in [0.25, 0.3) is 0 Å². The third-order valence-electron chi connectivity index (χ3n) is 9.55. The van der Waals surface area contributed by atoms with Crippen LogP contribution in [0.1, 0.15) is 59.3 Å². The maximum Gasteiger partial charge on any atom is 0.162 e. The number of alkyl halides is 1. The molecule has 0 spiro atoms. The van der Waals surface area contributed by atoms with Crippen LogP contribution in [0.5, 0.6) is 0 Å². The number of carbonyl (C=O) groups excluding carboxylic acids is 2. The standard InChI is InChI=1S/C25H35ClO4/c1-15-10-19-20-7-9-25(16(2)27,30-14-29-5)23(20,3)8-6-21(19)24(4)17(13-26)11-18(28)12-22(15)24/h12,17,19-21H,1,6-11,13-14H2,2-5H3/t17?,19-,20-,21-,23-,24+,25-/m0/s1. The maximum atomic E-state index is 12.9. The van der Waals surface area contributed by atoms with E-state index in [9.17, 15) is 9.59 Å². The number of hydrogen-bond acceptors (Lipinski definition) is 4. The smallest absolute Gasteiger partial charge is 0.162 e. The van der Waals surface area contributed by atoms with Gasteiger partial charge in [0.1, 0.15) is 12.4 Å². The lowest BCUT2D eigenvalue weighted by Gasteiger charge is -2.61. The van der Waals surface area contributed by atoms with Gasteiger partial charge >= 0.3 is 0 Å². The molecule has 0 bridgehead atoms. The first kappa shape index (κ1) is 22.2. The van der Waals surface area contributed by atoms with Gasteiger partial charge in [0, 0.05) is 30.2 Å². The average Bonchev–Trinajstić information content (AvgIpc) is 3.01. The highest BCUT2D eigenvalue weighted by Gasteiger charge is 2.67. The van der Waals surface area contributed by atoms with E-state index >= 15 is 0 Å². The van der Waals surface area contributed by atoms with Crippen molar-refractivity contribution in [1.29, 1.82) is 0 Å². The van der Waals surface area contributed by atoms with E-state index in [2.05, 4.69) is 20.4 Å². The van der Waals surface area contributed by atoms with E-state index in [0.29, 0.717) is 30.1 Å².